The van der Waals surface area contributed by atoms with Crippen LogP contribution in [0.2, 0.25) is 0 Å². The number of halogens is 1. The maximum atomic E-state index is 10.5. The third-order valence-electron chi connectivity index (χ3n) is 1.71. The van der Waals surface area contributed by atoms with Crippen molar-refractivity contribution >= 4 is 28.2 Å². The highest BCUT2D eigenvalue weighted by molar-refractivity contribution is 9.10. The van der Waals surface area contributed by atoms with Gasteiger partial charge in [-0.25, -0.2) is 10.2 Å². The molecular formula is C11H12BrN3O2. The van der Waals surface area contributed by atoms with Crippen LogP contribution in [0.25, 0.3) is 0 Å². The number of urea groups is 1. The molecule has 0 heterocycles. The van der Waals surface area contributed by atoms with Gasteiger partial charge in [-0.1, -0.05) is 28.6 Å². The molecule has 1 rings (SSSR count). The lowest BCUT2D eigenvalue weighted by Crippen LogP contribution is -2.24. The third kappa shape index (κ3) is 4.69. The summed E-state index contributed by atoms with van der Waals surface area (Å²) < 4.78 is 6.30. The molecule has 6 heteroatoms. The summed E-state index contributed by atoms with van der Waals surface area (Å²) in [6.07, 6.45) is 3.10. The van der Waals surface area contributed by atoms with Gasteiger partial charge in [-0.05, 0) is 18.2 Å². The van der Waals surface area contributed by atoms with Gasteiger partial charge < -0.3 is 10.5 Å². The molecule has 0 radical (unpaired) electrons. The van der Waals surface area contributed by atoms with E-state index < -0.39 is 6.03 Å². The first-order valence-corrected chi connectivity index (χ1v) is 5.54. The van der Waals surface area contributed by atoms with Gasteiger partial charge in [-0.3, -0.25) is 0 Å². The van der Waals surface area contributed by atoms with Gasteiger partial charge in [-0.15, -0.1) is 0 Å². The van der Waals surface area contributed by atoms with Crippen molar-refractivity contribution in [1.29, 1.82) is 0 Å². The second kappa shape index (κ2) is 6.70. The van der Waals surface area contributed by atoms with E-state index in [9.17, 15) is 4.79 Å². The predicted octanol–water partition coefficient (Wildman–Crippen LogP) is 2.02. The number of amides is 2. The number of rotatable bonds is 5. The first kappa shape index (κ1) is 13.2. The number of carbonyl (C=O) groups is 1. The van der Waals surface area contributed by atoms with Gasteiger partial charge >= 0.3 is 6.03 Å². The zero-order valence-corrected chi connectivity index (χ0v) is 10.6. The minimum absolute atomic E-state index is 0.395. The number of hydrogen-bond donors (Lipinski definition) is 2. The van der Waals surface area contributed by atoms with Crippen LogP contribution < -0.4 is 15.9 Å². The van der Waals surface area contributed by atoms with Crippen molar-refractivity contribution in [1.82, 2.24) is 5.43 Å². The van der Waals surface area contributed by atoms with Crippen LogP contribution in [0, 0.1) is 0 Å². The van der Waals surface area contributed by atoms with Crippen LogP contribution in [0.15, 0.2) is 40.4 Å². The molecule has 0 aromatic heterocycles. The minimum atomic E-state index is -0.718. The monoisotopic (exact) mass is 297 g/mol. The number of primary amides is 1. The first-order valence-electron chi connectivity index (χ1n) is 4.75. The molecule has 1 aromatic rings. The average molecular weight is 298 g/mol. The number of nitrogens with two attached hydrogens (primary N) is 1. The smallest absolute Gasteiger partial charge is 0.332 e. The molecule has 0 unspecified atom stereocenters. The Hall–Kier alpha value is -1.82. The van der Waals surface area contributed by atoms with Crippen molar-refractivity contribution in [2.75, 3.05) is 6.61 Å². The molecule has 0 fully saturated rings. The van der Waals surface area contributed by atoms with E-state index in [0.717, 1.165) is 10.0 Å². The molecule has 17 heavy (non-hydrogen) atoms. The molecule has 0 atom stereocenters. The molecule has 5 nitrogen and oxygen atoms in total. The number of hydrazone groups is 1. The van der Waals surface area contributed by atoms with E-state index in [1.165, 1.54) is 6.21 Å². The summed E-state index contributed by atoms with van der Waals surface area (Å²) in [5.41, 5.74) is 7.72. The standard InChI is InChI=1S/C11H12BrN3O2/c1-2-5-17-10-4-3-9(12)6-8(10)7-14-15-11(13)16/h2-4,6-7H,1,5H2,(H3,13,15,16)/b14-7-. The fraction of sp³-hybridized carbons (Fsp3) is 0.0909. The Morgan fingerprint density at radius 1 is 1.65 bits per heavy atom. The van der Waals surface area contributed by atoms with E-state index in [0.29, 0.717) is 12.4 Å². The van der Waals surface area contributed by atoms with Crippen LogP contribution in [0.3, 0.4) is 0 Å². The number of carbonyl (C=O) groups excluding carboxylic acids is 1. The zero-order chi connectivity index (χ0) is 12.7. The summed E-state index contributed by atoms with van der Waals surface area (Å²) in [5, 5.41) is 3.67. The Morgan fingerprint density at radius 3 is 3.06 bits per heavy atom. The van der Waals surface area contributed by atoms with Crippen molar-refractivity contribution in [3.8, 4) is 5.75 Å². The highest BCUT2D eigenvalue weighted by atomic mass is 79.9. The van der Waals surface area contributed by atoms with Crippen molar-refractivity contribution < 1.29 is 9.53 Å². The molecule has 0 saturated heterocycles. The van der Waals surface area contributed by atoms with E-state index in [2.05, 4.69) is 33.0 Å². The number of hydrogen-bond acceptors (Lipinski definition) is 3. The van der Waals surface area contributed by atoms with E-state index in [4.69, 9.17) is 10.5 Å². The molecule has 0 aliphatic carbocycles. The molecule has 0 aliphatic heterocycles. The lowest BCUT2D eigenvalue weighted by Gasteiger charge is -2.07. The Morgan fingerprint density at radius 2 is 2.41 bits per heavy atom. The lowest BCUT2D eigenvalue weighted by atomic mass is 10.2. The number of nitrogens with zero attached hydrogens (tertiary/aromatic N) is 1. The Labute approximate surface area is 107 Å². The predicted molar refractivity (Wildman–Crippen MR) is 70.1 cm³/mol. The summed E-state index contributed by atoms with van der Waals surface area (Å²) in [7, 11) is 0. The number of benzene rings is 1. The normalized spacial score (nSPS) is 10.2. The molecule has 1 aromatic carbocycles. The van der Waals surface area contributed by atoms with Gasteiger partial charge in [-0.2, -0.15) is 5.10 Å². The molecule has 0 spiro atoms. The molecule has 2 amide bonds. The van der Waals surface area contributed by atoms with E-state index >= 15 is 0 Å². The third-order valence-corrected chi connectivity index (χ3v) is 2.20. The van der Waals surface area contributed by atoms with Gasteiger partial charge in [0.25, 0.3) is 0 Å². The van der Waals surface area contributed by atoms with Crippen LogP contribution in [0.1, 0.15) is 5.56 Å². The minimum Gasteiger partial charge on any atom is -0.489 e. The van der Waals surface area contributed by atoms with Gasteiger partial charge in [0.1, 0.15) is 12.4 Å². The summed E-state index contributed by atoms with van der Waals surface area (Å²) in [6, 6.07) is 4.73. The second-order valence-electron chi connectivity index (χ2n) is 3.02. The van der Waals surface area contributed by atoms with Gasteiger partial charge in [0, 0.05) is 10.0 Å². The van der Waals surface area contributed by atoms with E-state index in [-0.39, 0.29) is 0 Å². The fourth-order valence-electron chi connectivity index (χ4n) is 1.07. The number of nitrogens with one attached hydrogen (secondary N) is 1. The molecular weight excluding hydrogens is 286 g/mol. The van der Waals surface area contributed by atoms with E-state index in [1.807, 2.05) is 12.1 Å². The largest absolute Gasteiger partial charge is 0.489 e. The summed E-state index contributed by atoms with van der Waals surface area (Å²) >= 11 is 3.34. The number of ether oxygens (including phenoxy) is 1. The van der Waals surface area contributed by atoms with Crippen LogP contribution in [0.5, 0.6) is 5.75 Å². The summed E-state index contributed by atoms with van der Waals surface area (Å²) in [6.45, 7) is 3.96. The highest BCUT2D eigenvalue weighted by Gasteiger charge is 2.02. The van der Waals surface area contributed by atoms with Gasteiger partial charge in [0.2, 0.25) is 0 Å². The Kier molecular flexibility index (Phi) is 5.22. The first-order chi connectivity index (χ1) is 8.13. The fourth-order valence-corrected chi connectivity index (χ4v) is 1.44. The zero-order valence-electron chi connectivity index (χ0n) is 9.02. The van der Waals surface area contributed by atoms with Crippen LogP contribution >= 0.6 is 15.9 Å². The van der Waals surface area contributed by atoms with Crippen LogP contribution in [-0.4, -0.2) is 18.9 Å². The SMILES string of the molecule is C=CCOc1ccc(Br)cc1/C=N\NC(N)=O. The summed E-state index contributed by atoms with van der Waals surface area (Å²) in [4.78, 5) is 10.5. The highest BCUT2D eigenvalue weighted by Crippen LogP contribution is 2.21. The van der Waals surface area contributed by atoms with Gasteiger partial charge in [0.15, 0.2) is 0 Å². The molecule has 0 bridgehead atoms. The molecule has 0 saturated carbocycles. The van der Waals surface area contributed by atoms with Crippen molar-refractivity contribution in [2.45, 2.75) is 0 Å². The van der Waals surface area contributed by atoms with Gasteiger partial charge in [0.05, 0.1) is 6.21 Å². The maximum Gasteiger partial charge on any atom is 0.332 e. The molecule has 90 valence electrons. The van der Waals surface area contributed by atoms with Crippen LogP contribution in [-0.2, 0) is 0 Å². The lowest BCUT2D eigenvalue weighted by molar-refractivity contribution is 0.249. The van der Waals surface area contributed by atoms with Crippen molar-refractivity contribution in [3.05, 3.63) is 40.9 Å². The summed E-state index contributed by atoms with van der Waals surface area (Å²) in [5.74, 6) is 0.642. The van der Waals surface area contributed by atoms with Crippen LogP contribution in [0.4, 0.5) is 4.79 Å². The van der Waals surface area contributed by atoms with Crippen molar-refractivity contribution in [2.24, 2.45) is 10.8 Å². The Balaban J connectivity index is 2.86. The van der Waals surface area contributed by atoms with E-state index in [1.54, 1.807) is 12.1 Å². The molecule has 0 aliphatic rings. The second-order valence-corrected chi connectivity index (χ2v) is 3.93. The average Bonchev–Trinajstić information content (AvgIpc) is 2.27. The topological polar surface area (TPSA) is 76.7 Å². The quantitative estimate of drug-likeness (QED) is 0.495. The maximum absolute atomic E-state index is 10.5. The Bertz CT molecular complexity index is 446. The molecule has 3 N–H and O–H groups in total. The van der Waals surface area contributed by atoms with Crippen molar-refractivity contribution in [3.63, 3.8) is 0 Å².